The predicted molar refractivity (Wildman–Crippen MR) is 67.2 cm³/mol. The van der Waals surface area contributed by atoms with Gasteiger partial charge in [0.2, 0.25) is 5.91 Å². The maximum Gasteiger partial charge on any atom is 0.313 e. The van der Waals surface area contributed by atoms with E-state index in [-0.39, 0.29) is 12.5 Å². The molecular weight excluding hydrogens is 250 g/mol. The van der Waals surface area contributed by atoms with Crippen molar-refractivity contribution in [3.05, 3.63) is 0 Å². The number of esters is 1. The molecule has 0 heterocycles. The molecule has 1 aliphatic rings. The fourth-order valence-electron chi connectivity index (χ4n) is 2.35. The molecule has 108 valence electrons. The van der Waals surface area contributed by atoms with Gasteiger partial charge in [-0.3, -0.25) is 14.4 Å². The Hall–Kier alpha value is -1.59. The molecule has 2 atom stereocenters. The van der Waals surface area contributed by atoms with Crippen LogP contribution in [-0.4, -0.2) is 36.6 Å². The molecular formula is C13H21NO5. The molecule has 1 fully saturated rings. The third-order valence-electron chi connectivity index (χ3n) is 3.82. The molecule has 0 bridgehead atoms. The van der Waals surface area contributed by atoms with E-state index in [4.69, 9.17) is 5.11 Å². The first-order chi connectivity index (χ1) is 8.55. The van der Waals surface area contributed by atoms with Gasteiger partial charge in [-0.2, -0.15) is 0 Å². The normalized spacial score (nSPS) is 24.5. The van der Waals surface area contributed by atoms with Crippen molar-refractivity contribution in [3.8, 4) is 0 Å². The lowest BCUT2D eigenvalue weighted by Crippen LogP contribution is -2.40. The zero-order valence-corrected chi connectivity index (χ0v) is 11.9. The minimum absolute atomic E-state index is 0.122. The van der Waals surface area contributed by atoms with Crippen LogP contribution >= 0.6 is 0 Å². The second-order valence-corrected chi connectivity index (χ2v) is 6.21. The highest BCUT2D eigenvalue weighted by molar-refractivity contribution is 5.92. The largest absolute Gasteiger partial charge is 0.481 e. The summed E-state index contributed by atoms with van der Waals surface area (Å²) in [6.07, 6.45) is 0. The van der Waals surface area contributed by atoms with E-state index in [2.05, 4.69) is 10.1 Å². The average Bonchev–Trinajstić information content (AvgIpc) is 2.88. The minimum atomic E-state index is -0.961. The van der Waals surface area contributed by atoms with Crippen LogP contribution in [0.5, 0.6) is 0 Å². The summed E-state index contributed by atoms with van der Waals surface area (Å²) >= 11 is 0. The van der Waals surface area contributed by atoms with Crippen molar-refractivity contribution in [2.75, 3.05) is 13.7 Å². The lowest BCUT2D eigenvalue weighted by molar-refractivity contribution is -0.150. The van der Waals surface area contributed by atoms with Gasteiger partial charge in [0.1, 0.15) is 0 Å². The summed E-state index contributed by atoms with van der Waals surface area (Å²) in [7, 11) is 1.29. The van der Waals surface area contributed by atoms with Crippen molar-refractivity contribution in [3.63, 3.8) is 0 Å². The average molecular weight is 271 g/mol. The molecule has 0 saturated heterocycles. The van der Waals surface area contributed by atoms with Gasteiger partial charge in [-0.25, -0.2) is 0 Å². The summed E-state index contributed by atoms with van der Waals surface area (Å²) in [5, 5.41) is 11.6. The number of hydrogen-bond donors (Lipinski definition) is 2. The summed E-state index contributed by atoms with van der Waals surface area (Å²) in [4.78, 5) is 34.4. The van der Waals surface area contributed by atoms with Crippen LogP contribution in [0.3, 0.4) is 0 Å². The van der Waals surface area contributed by atoms with Crippen LogP contribution in [0.1, 0.15) is 27.7 Å². The molecule has 19 heavy (non-hydrogen) atoms. The van der Waals surface area contributed by atoms with Gasteiger partial charge in [0.15, 0.2) is 0 Å². The van der Waals surface area contributed by atoms with Crippen LogP contribution in [-0.2, 0) is 19.1 Å². The Bertz CT molecular complexity index is 413. The number of carbonyl (C=O) groups excluding carboxylic acids is 2. The van der Waals surface area contributed by atoms with E-state index < -0.39 is 34.6 Å². The maximum absolute atomic E-state index is 12.0. The molecule has 1 saturated carbocycles. The topological polar surface area (TPSA) is 92.7 Å². The highest BCUT2D eigenvalue weighted by Crippen LogP contribution is 2.58. The van der Waals surface area contributed by atoms with Gasteiger partial charge in [-0.15, -0.1) is 0 Å². The molecule has 0 aliphatic heterocycles. The first-order valence-electron chi connectivity index (χ1n) is 6.14. The van der Waals surface area contributed by atoms with Crippen LogP contribution in [0.15, 0.2) is 0 Å². The quantitative estimate of drug-likeness (QED) is 0.716. The predicted octanol–water partition coefficient (Wildman–Crippen LogP) is 0.659. The summed E-state index contributed by atoms with van der Waals surface area (Å²) in [5.41, 5.74) is -1.37. The lowest BCUT2D eigenvalue weighted by Gasteiger charge is -2.21. The van der Waals surface area contributed by atoms with E-state index in [1.54, 1.807) is 27.7 Å². The van der Waals surface area contributed by atoms with E-state index in [0.717, 1.165) is 0 Å². The van der Waals surface area contributed by atoms with Gasteiger partial charge in [-0.1, -0.05) is 13.8 Å². The van der Waals surface area contributed by atoms with Crippen molar-refractivity contribution >= 4 is 17.8 Å². The fourth-order valence-corrected chi connectivity index (χ4v) is 2.35. The van der Waals surface area contributed by atoms with Gasteiger partial charge >= 0.3 is 11.9 Å². The van der Waals surface area contributed by atoms with E-state index in [1.807, 2.05) is 0 Å². The number of amides is 1. The molecule has 1 rings (SSSR count). The number of carboxylic acid groups (broad SMARTS) is 1. The summed E-state index contributed by atoms with van der Waals surface area (Å²) in [6, 6.07) is 0. The van der Waals surface area contributed by atoms with Crippen LogP contribution < -0.4 is 5.32 Å². The fraction of sp³-hybridized carbons (Fsp3) is 0.769. The van der Waals surface area contributed by atoms with Gasteiger partial charge in [0.25, 0.3) is 0 Å². The minimum Gasteiger partial charge on any atom is -0.481 e. The van der Waals surface area contributed by atoms with Crippen molar-refractivity contribution in [1.82, 2.24) is 5.32 Å². The van der Waals surface area contributed by atoms with Gasteiger partial charge in [-0.05, 0) is 19.3 Å². The molecule has 2 N–H and O–H groups in total. The summed E-state index contributed by atoms with van der Waals surface area (Å²) < 4.78 is 4.64. The number of carboxylic acids is 1. The van der Waals surface area contributed by atoms with E-state index in [0.29, 0.717) is 0 Å². The summed E-state index contributed by atoms with van der Waals surface area (Å²) in [5.74, 6) is -2.91. The molecule has 1 amide bonds. The molecule has 0 aromatic rings. The van der Waals surface area contributed by atoms with Crippen molar-refractivity contribution in [1.29, 1.82) is 0 Å². The van der Waals surface area contributed by atoms with Gasteiger partial charge in [0.05, 0.1) is 24.4 Å². The third-order valence-corrected chi connectivity index (χ3v) is 3.82. The number of aliphatic carboxylic acids is 1. The Kier molecular flexibility index (Phi) is 3.93. The van der Waals surface area contributed by atoms with Crippen LogP contribution in [0.2, 0.25) is 0 Å². The second-order valence-electron chi connectivity index (χ2n) is 6.21. The second kappa shape index (κ2) is 4.83. The monoisotopic (exact) mass is 271 g/mol. The molecule has 0 unspecified atom stereocenters. The van der Waals surface area contributed by atoms with Crippen LogP contribution in [0.25, 0.3) is 0 Å². The zero-order chi connectivity index (χ0) is 15.0. The smallest absolute Gasteiger partial charge is 0.313 e. The number of carbonyl (C=O) groups is 3. The van der Waals surface area contributed by atoms with Gasteiger partial charge in [0, 0.05) is 6.54 Å². The summed E-state index contributed by atoms with van der Waals surface area (Å²) in [6.45, 7) is 6.94. The highest BCUT2D eigenvalue weighted by atomic mass is 16.5. The first-order valence-corrected chi connectivity index (χ1v) is 6.14. The Morgan fingerprint density at radius 2 is 1.79 bits per heavy atom. The number of hydrogen-bond acceptors (Lipinski definition) is 4. The number of nitrogens with one attached hydrogen (secondary N) is 1. The third kappa shape index (κ3) is 2.88. The molecule has 0 radical (unpaired) electrons. The first kappa shape index (κ1) is 15.5. The van der Waals surface area contributed by atoms with Crippen molar-refractivity contribution in [2.24, 2.45) is 22.7 Å². The van der Waals surface area contributed by atoms with Gasteiger partial charge < -0.3 is 15.2 Å². The Balaban J connectivity index is 2.59. The van der Waals surface area contributed by atoms with Crippen molar-refractivity contribution < 1.29 is 24.2 Å². The molecule has 0 aromatic heterocycles. The lowest BCUT2D eigenvalue weighted by atomic mass is 9.93. The Labute approximate surface area is 112 Å². The molecule has 6 nitrogen and oxygen atoms in total. The zero-order valence-electron chi connectivity index (χ0n) is 11.9. The Morgan fingerprint density at radius 3 is 2.16 bits per heavy atom. The van der Waals surface area contributed by atoms with Crippen LogP contribution in [0.4, 0.5) is 0 Å². The van der Waals surface area contributed by atoms with Crippen molar-refractivity contribution in [2.45, 2.75) is 27.7 Å². The maximum atomic E-state index is 12.0. The molecule has 6 heteroatoms. The molecule has 0 spiro atoms. The van der Waals surface area contributed by atoms with E-state index >= 15 is 0 Å². The number of rotatable bonds is 5. The molecule has 1 aliphatic carbocycles. The Morgan fingerprint density at radius 1 is 1.26 bits per heavy atom. The van der Waals surface area contributed by atoms with E-state index in [1.165, 1.54) is 7.11 Å². The number of methoxy groups -OCH3 is 1. The standard InChI is InChI=1S/C13H21NO5/c1-12(2,11(18)19-5)6-14-9(15)7-8(10(16)17)13(7,3)4/h7-8H,6H2,1-5H3,(H,14,15)(H,16,17)/t7-,8+/m1/s1. The molecule has 0 aromatic carbocycles. The highest BCUT2D eigenvalue weighted by Gasteiger charge is 2.65. The van der Waals surface area contributed by atoms with E-state index in [9.17, 15) is 14.4 Å². The SMILES string of the molecule is COC(=O)C(C)(C)CNC(=O)[C@H]1[C@@H](C(=O)O)C1(C)C. The number of ether oxygens (including phenoxy) is 1. The van der Waals surface area contributed by atoms with Crippen LogP contribution in [0, 0.1) is 22.7 Å².